The quantitative estimate of drug-likeness (QED) is 0.200. The lowest BCUT2D eigenvalue weighted by Gasteiger charge is -2.58. The molecule has 0 radical (unpaired) electrons. The van der Waals surface area contributed by atoms with E-state index in [1.165, 1.54) is 0 Å². The first-order valence-corrected chi connectivity index (χ1v) is 21.4. The van der Waals surface area contributed by atoms with Crippen molar-refractivity contribution >= 4 is 0 Å². The van der Waals surface area contributed by atoms with Crippen molar-refractivity contribution in [2.24, 2.45) is 63.1 Å². The van der Waals surface area contributed by atoms with E-state index in [0.29, 0.717) is 65.6 Å². The zero-order valence-corrected chi connectivity index (χ0v) is 41.2. The molecule has 4 fully saturated rings. The lowest BCUT2D eigenvalue weighted by molar-refractivity contribution is -0.915. The number of quaternary nitrogens is 4. The van der Waals surface area contributed by atoms with E-state index in [1.54, 1.807) is 0 Å². The van der Waals surface area contributed by atoms with Crippen LogP contribution < -0.4 is 0 Å². The predicted molar refractivity (Wildman–Crippen MR) is 231 cm³/mol. The van der Waals surface area contributed by atoms with Gasteiger partial charge >= 0.3 is 0 Å². The molecule has 324 valence electrons. The maximum Gasteiger partial charge on any atom is 0.123 e. The standard InChI is InChI=1S/C16H34NO.C12H26NO.C10H22NO.C8H18NO/c1-10-11(2)13(4)16(5,6)15(18)14(12(10)3)17(7,8)9;1-8-9(2)12(3,4)11(14)10(8)13(5,6)7;1-7-8(11(4,5)6)9(12)10(7,2)3;1-8(2)6(7(8)10)9(3,4)5/h10-15,18H,1-9H3;8-11,14H,1-7H3;7-9,12H,1-6H3;6-7,10H,1-5H3/q4*+1/t10?,11?,12?,13?,14?,15-;8?,9?,10?,11-;7?,8?,9-;6?,7-/m0000/s1. The van der Waals surface area contributed by atoms with Gasteiger partial charge in [-0.1, -0.05) is 104 Å². The predicted octanol–water partition coefficient (Wildman–Crippen LogP) is 6.30. The molecule has 15 atom stereocenters. The minimum Gasteiger partial charge on any atom is -0.386 e. The molecule has 0 bridgehead atoms. The third kappa shape index (κ3) is 10.3. The molecule has 4 N–H and O–H groups in total. The third-order valence-electron chi connectivity index (χ3n) is 16.8. The van der Waals surface area contributed by atoms with Crippen LogP contribution in [0, 0.1) is 63.1 Å². The van der Waals surface area contributed by atoms with Crippen LogP contribution in [-0.2, 0) is 0 Å². The van der Waals surface area contributed by atoms with Gasteiger partial charge in [0.05, 0.1) is 90.0 Å². The van der Waals surface area contributed by atoms with Crippen LogP contribution in [-0.4, -0.2) is 172 Å². The van der Waals surface area contributed by atoms with Crippen LogP contribution in [0.4, 0.5) is 0 Å². The number of rotatable bonds is 4. The summed E-state index contributed by atoms with van der Waals surface area (Å²) in [5, 5.41) is 40.8. The number of nitrogens with zero attached hydrogens (tertiary/aromatic N) is 4. The lowest BCUT2D eigenvalue weighted by atomic mass is 9.56. The van der Waals surface area contributed by atoms with E-state index in [2.05, 4.69) is 188 Å². The van der Waals surface area contributed by atoms with Crippen LogP contribution >= 0.6 is 0 Å². The summed E-state index contributed by atoms with van der Waals surface area (Å²) in [6.45, 7) is 33.5. The van der Waals surface area contributed by atoms with Gasteiger partial charge in [-0.15, -0.1) is 0 Å². The summed E-state index contributed by atoms with van der Waals surface area (Å²) in [5.41, 5.74) is 0.276. The van der Waals surface area contributed by atoms with Crippen molar-refractivity contribution in [1.29, 1.82) is 0 Å². The molecular formula is C46H100N4O4+4. The largest absolute Gasteiger partial charge is 0.386 e. The molecule has 0 aromatic carbocycles. The van der Waals surface area contributed by atoms with Gasteiger partial charge in [0.15, 0.2) is 0 Å². The maximum atomic E-state index is 11.0. The lowest BCUT2D eigenvalue weighted by Crippen LogP contribution is -2.70. The SMILES string of the molecule is CC1(C)C([N+](C)(C)C)[C@@H]1O.CC1C(C)C(C)(C)[C@@H](O)C1[N+](C)(C)C.CC1C(C)C(C)C(C)(C)[C@@H](O)C([N+](C)(C)C)C1C.CC1C([N+](C)(C)C)[C@H](O)C1(C)C. The first kappa shape index (κ1) is 51.7. The van der Waals surface area contributed by atoms with Crippen LogP contribution in [0.25, 0.3) is 0 Å². The number of aliphatic hydroxyl groups excluding tert-OH is 4. The Morgan fingerprint density at radius 2 is 0.556 bits per heavy atom. The maximum absolute atomic E-state index is 11.0. The summed E-state index contributed by atoms with van der Waals surface area (Å²) in [6, 6.07) is 1.50. The monoisotopic (exact) mass is 773 g/mol. The van der Waals surface area contributed by atoms with E-state index < -0.39 is 0 Å². The fourth-order valence-corrected chi connectivity index (χ4v) is 11.6. The van der Waals surface area contributed by atoms with E-state index in [0.717, 1.165) is 17.9 Å². The Bertz CT molecular complexity index is 1180. The van der Waals surface area contributed by atoms with Gasteiger partial charge in [-0.05, 0) is 34.5 Å². The molecule has 0 saturated heterocycles. The van der Waals surface area contributed by atoms with Crippen LogP contribution in [0.3, 0.4) is 0 Å². The van der Waals surface area contributed by atoms with E-state index in [1.807, 2.05) is 0 Å². The molecule has 0 heterocycles. The zero-order chi connectivity index (χ0) is 43.7. The zero-order valence-electron chi connectivity index (χ0n) is 41.2. The first-order valence-electron chi connectivity index (χ1n) is 21.4. The number of aliphatic hydroxyl groups is 4. The van der Waals surface area contributed by atoms with Gasteiger partial charge in [-0.2, -0.15) is 0 Å². The van der Waals surface area contributed by atoms with E-state index in [4.69, 9.17) is 0 Å². The summed E-state index contributed by atoms with van der Waals surface area (Å²) in [7, 11) is 26.0. The fourth-order valence-electron chi connectivity index (χ4n) is 11.6. The molecule has 0 aliphatic heterocycles. The molecule has 8 nitrogen and oxygen atoms in total. The highest BCUT2D eigenvalue weighted by atomic mass is 16.3. The van der Waals surface area contributed by atoms with Gasteiger partial charge in [-0.3, -0.25) is 0 Å². The van der Waals surface area contributed by atoms with Gasteiger partial charge in [0.2, 0.25) is 0 Å². The molecule has 0 amide bonds. The summed E-state index contributed by atoms with van der Waals surface area (Å²) in [5.74, 6) is 4.16. The Morgan fingerprint density at radius 1 is 0.296 bits per heavy atom. The molecule has 4 saturated carbocycles. The Balaban J connectivity index is 0.000000368. The molecule has 4 aliphatic rings. The van der Waals surface area contributed by atoms with Gasteiger partial charge in [0.1, 0.15) is 48.6 Å². The summed E-state index contributed by atoms with van der Waals surface area (Å²) in [6.07, 6.45) is -0.678. The van der Waals surface area contributed by atoms with E-state index >= 15 is 0 Å². The van der Waals surface area contributed by atoms with Crippen molar-refractivity contribution in [2.75, 3.05) is 84.6 Å². The number of hydrogen-bond acceptors (Lipinski definition) is 4. The van der Waals surface area contributed by atoms with Crippen molar-refractivity contribution in [3.63, 3.8) is 0 Å². The highest BCUT2D eigenvalue weighted by molar-refractivity contribution is 5.08. The number of hydrogen-bond donors (Lipinski definition) is 4. The van der Waals surface area contributed by atoms with E-state index in [9.17, 15) is 20.4 Å². The average molecular weight is 773 g/mol. The highest BCUT2D eigenvalue weighted by Crippen LogP contribution is 2.52. The summed E-state index contributed by atoms with van der Waals surface area (Å²) >= 11 is 0. The van der Waals surface area contributed by atoms with Crippen molar-refractivity contribution in [1.82, 2.24) is 0 Å². The normalized spacial score (nSPS) is 42.4. The molecule has 0 aromatic rings. The summed E-state index contributed by atoms with van der Waals surface area (Å²) in [4.78, 5) is 0. The van der Waals surface area contributed by atoms with Crippen LogP contribution in [0.15, 0.2) is 0 Å². The molecule has 54 heavy (non-hydrogen) atoms. The topological polar surface area (TPSA) is 80.9 Å². The molecule has 0 spiro atoms. The molecular weight excluding hydrogens is 673 g/mol. The van der Waals surface area contributed by atoms with Crippen LogP contribution in [0.1, 0.15) is 104 Å². The second-order valence-corrected chi connectivity index (χ2v) is 25.2. The smallest absolute Gasteiger partial charge is 0.123 e. The minimum absolute atomic E-state index is 0.0192. The van der Waals surface area contributed by atoms with Gasteiger partial charge in [0, 0.05) is 23.2 Å². The van der Waals surface area contributed by atoms with Crippen molar-refractivity contribution in [3.05, 3.63) is 0 Å². The number of likely N-dealkylation sites (N-methyl/N-ethyl adjacent to an activating group) is 4. The summed E-state index contributed by atoms with van der Waals surface area (Å²) < 4.78 is 3.44. The Morgan fingerprint density at radius 3 is 0.741 bits per heavy atom. The van der Waals surface area contributed by atoms with Crippen molar-refractivity contribution in [3.8, 4) is 0 Å². The Labute approximate surface area is 337 Å². The van der Waals surface area contributed by atoms with Crippen molar-refractivity contribution < 1.29 is 38.4 Å². The Hall–Kier alpha value is -0.320. The van der Waals surface area contributed by atoms with Gasteiger partial charge in [-0.25, -0.2) is 0 Å². The second-order valence-electron chi connectivity index (χ2n) is 25.2. The molecule has 4 aliphatic carbocycles. The fraction of sp³-hybridized carbons (Fsp3) is 1.00. The van der Waals surface area contributed by atoms with Crippen LogP contribution in [0.2, 0.25) is 0 Å². The van der Waals surface area contributed by atoms with Crippen LogP contribution in [0.5, 0.6) is 0 Å². The van der Waals surface area contributed by atoms with Gasteiger partial charge in [0.25, 0.3) is 0 Å². The molecule has 0 aromatic heterocycles. The molecule has 8 heteroatoms. The third-order valence-corrected chi connectivity index (χ3v) is 16.8. The minimum atomic E-state index is -0.241. The highest BCUT2D eigenvalue weighted by Gasteiger charge is 2.65. The molecule has 11 unspecified atom stereocenters. The van der Waals surface area contributed by atoms with E-state index in [-0.39, 0.29) is 46.1 Å². The molecule has 4 rings (SSSR count). The van der Waals surface area contributed by atoms with Crippen molar-refractivity contribution in [2.45, 2.75) is 152 Å². The van der Waals surface area contributed by atoms with Gasteiger partial charge < -0.3 is 38.4 Å². The first-order chi connectivity index (χ1) is 23.5. The Kier molecular flexibility index (Phi) is 15.7. The average Bonchev–Trinajstić information content (AvgIpc) is 3.45. The second kappa shape index (κ2) is 16.4.